The maximum atomic E-state index is 12.9. The van der Waals surface area contributed by atoms with Crippen molar-refractivity contribution in [1.29, 1.82) is 0 Å². The van der Waals surface area contributed by atoms with Gasteiger partial charge in [0, 0.05) is 64.2 Å². The number of aryl methyl sites for hydroxylation is 1. The van der Waals surface area contributed by atoms with E-state index in [0.717, 1.165) is 69.6 Å². The van der Waals surface area contributed by atoms with Crippen LogP contribution in [0.3, 0.4) is 0 Å². The third-order valence-corrected chi connectivity index (χ3v) is 6.47. The number of para-hydroxylation sites is 1. The molecule has 2 saturated heterocycles. The Hall–Kier alpha value is -3.39. The van der Waals surface area contributed by atoms with Crippen molar-refractivity contribution in [2.75, 3.05) is 68.7 Å². The largest absolute Gasteiger partial charge is 0.368 e. The molecular formula is C25H31N7O. The highest BCUT2D eigenvalue weighted by Gasteiger charge is 2.25. The van der Waals surface area contributed by atoms with Crippen LogP contribution in [0.2, 0.25) is 0 Å². The fourth-order valence-corrected chi connectivity index (χ4v) is 4.53. The molecule has 5 rings (SSSR count). The van der Waals surface area contributed by atoms with Crippen molar-refractivity contribution in [2.45, 2.75) is 6.92 Å². The number of pyridine rings is 1. The number of hydrogen-bond donors (Lipinski definition) is 0. The number of carbonyl (C=O) groups is 1. The quantitative estimate of drug-likeness (QED) is 0.599. The van der Waals surface area contributed by atoms with Gasteiger partial charge in [-0.1, -0.05) is 24.3 Å². The highest BCUT2D eigenvalue weighted by Crippen LogP contribution is 2.18. The van der Waals surface area contributed by atoms with Crippen LogP contribution in [0.4, 0.5) is 11.5 Å². The van der Waals surface area contributed by atoms with Crippen molar-refractivity contribution in [3.63, 3.8) is 0 Å². The lowest BCUT2D eigenvalue weighted by Gasteiger charge is -2.39. The summed E-state index contributed by atoms with van der Waals surface area (Å²) in [6, 6.07) is 16.5. The minimum Gasteiger partial charge on any atom is -0.368 e. The first-order chi connectivity index (χ1) is 16.2. The Morgan fingerprint density at radius 2 is 1.52 bits per heavy atom. The van der Waals surface area contributed by atoms with Gasteiger partial charge in [-0.3, -0.25) is 9.69 Å². The van der Waals surface area contributed by atoms with Gasteiger partial charge in [0.05, 0.1) is 12.7 Å². The third-order valence-electron chi connectivity index (χ3n) is 6.47. The van der Waals surface area contributed by atoms with E-state index >= 15 is 0 Å². The zero-order valence-corrected chi connectivity index (χ0v) is 19.2. The summed E-state index contributed by atoms with van der Waals surface area (Å²) in [7, 11) is 0. The summed E-state index contributed by atoms with van der Waals surface area (Å²) in [6.07, 6.45) is 3.82. The lowest BCUT2D eigenvalue weighted by atomic mass is 10.2. The van der Waals surface area contributed by atoms with Gasteiger partial charge in [-0.25, -0.2) is 9.67 Å². The molecule has 0 N–H and O–H groups in total. The van der Waals surface area contributed by atoms with Gasteiger partial charge in [-0.05, 0) is 36.8 Å². The van der Waals surface area contributed by atoms with E-state index in [0.29, 0.717) is 6.54 Å². The Bertz CT molecular complexity index is 1070. The summed E-state index contributed by atoms with van der Waals surface area (Å²) in [5.41, 5.74) is 2.35. The van der Waals surface area contributed by atoms with E-state index < -0.39 is 0 Å². The highest BCUT2D eigenvalue weighted by molar-refractivity contribution is 5.78. The standard InChI is InChI=1S/C25H31N7O/c1-21-18-26-32(19-21)24-9-5-8-23(27-24)30-12-10-28(11-13-30)20-25(33)31-16-14-29(15-17-31)22-6-3-2-4-7-22/h2-9,18-19H,10-17,20H2,1H3. The molecule has 1 amide bonds. The first kappa shape index (κ1) is 21.5. The fraction of sp³-hybridized carbons (Fsp3) is 0.400. The summed E-state index contributed by atoms with van der Waals surface area (Å²) < 4.78 is 1.81. The van der Waals surface area contributed by atoms with Gasteiger partial charge in [-0.15, -0.1) is 0 Å². The molecule has 0 saturated carbocycles. The smallest absolute Gasteiger partial charge is 0.236 e. The molecule has 0 aliphatic carbocycles. The molecule has 4 heterocycles. The summed E-state index contributed by atoms with van der Waals surface area (Å²) in [4.78, 5) is 26.6. The van der Waals surface area contributed by atoms with Crippen LogP contribution in [-0.4, -0.2) is 89.4 Å². The molecule has 0 radical (unpaired) electrons. The summed E-state index contributed by atoms with van der Waals surface area (Å²) in [6.45, 7) is 9.34. The third kappa shape index (κ3) is 5.01. The molecule has 8 heteroatoms. The maximum Gasteiger partial charge on any atom is 0.236 e. The van der Waals surface area contributed by atoms with Crippen molar-refractivity contribution in [1.82, 2.24) is 24.6 Å². The number of carbonyl (C=O) groups excluding carboxylic acids is 1. The molecule has 1 aromatic carbocycles. The van der Waals surface area contributed by atoms with Gasteiger partial charge in [0.15, 0.2) is 5.82 Å². The van der Waals surface area contributed by atoms with E-state index in [1.54, 1.807) is 0 Å². The predicted octanol–water partition coefficient (Wildman–Crippen LogP) is 2.05. The van der Waals surface area contributed by atoms with Gasteiger partial charge in [-0.2, -0.15) is 5.10 Å². The van der Waals surface area contributed by atoms with Crippen LogP contribution < -0.4 is 9.80 Å². The molecular weight excluding hydrogens is 414 g/mol. The minimum absolute atomic E-state index is 0.241. The topological polar surface area (TPSA) is 60.7 Å². The van der Waals surface area contributed by atoms with Gasteiger partial charge in [0.2, 0.25) is 5.91 Å². The average molecular weight is 446 g/mol. The predicted molar refractivity (Wildman–Crippen MR) is 130 cm³/mol. The molecule has 33 heavy (non-hydrogen) atoms. The second-order valence-corrected chi connectivity index (χ2v) is 8.78. The van der Waals surface area contributed by atoms with Crippen molar-refractivity contribution < 1.29 is 4.79 Å². The molecule has 172 valence electrons. The van der Waals surface area contributed by atoms with Crippen molar-refractivity contribution in [2.24, 2.45) is 0 Å². The second kappa shape index (κ2) is 9.62. The highest BCUT2D eigenvalue weighted by atomic mass is 16.2. The molecule has 0 spiro atoms. The first-order valence-corrected chi connectivity index (χ1v) is 11.7. The Kier molecular flexibility index (Phi) is 6.26. The van der Waals surface area contributed by atoms with Crippen molar-refractivity contribution in [3.8, 4) is 5.82 Å². The molecule has 0 unspecified atom stereocenters. The Morgan fingerprint density at radius 1 is 0.818 bits per heavy atom. The van der Waals surface area contributed by atoms with Crippen LogP contribution in [0, 0.1) is 6.92 Å². The SMILES string of the molecule is Cc1cnn(-c2cccc(N3CCN(CC(=O)N4CCN(c5ccccc5)CC4)CC3)n2)c1. The van der Waals surface area contributed by atoms with Crippen LogP contribution in [0.5, 0.6) is 0 Å². The fourth-order valence-electron chi connectivity index (χ4n) is 4.53. The lowest BCUT2D eigenvalue weighted by molar-refractivity contribution is -0.132. The van der Waals surface area contributed by atoms with Crippen LogP contribution >= 0.6 is 0 Å². The number of hydrogen-bond acceptors (Lipinski definition) is 6. The molecule has 0 atom stereocenters. The molecule has 2 aliphatic heterocycles. The van der Waals surface area contributed by atoms with E-state index in [2.05, 4.69) is 44.1 Å². The van der Waals surface area contributed by atoms with E-state index in [-0.39, 0.29) is 5.91 Å². The summed E-state index contributed by atoms with van der Waals surface area (Å²) in [5, 5.41) is 4.37. The van der Waals surface area contributed by atoms with Crippen LogP contribution in [0.1, 0.15) is 5.56 Å². The summed E-state index contributed by atoms with van der Waals surface area (Å²) >= 11 is 0. The van der Waals surface area contributed by atoms with E-state index in [1.165, 1.54) is 5.69 Å². The normalized spacial score (nSPS) is 17.4. The van der Waals surface area contributed by atoms with Crippen molar-refractivity contribution >= 4 is 17.4 Å². The molecule has 0 bridgehead atoms. The number of anilines is 2. The van der Waals surface area contributed by atoms with E-state index in [4.69, 9.17) is 4.98 Å². The molecule has 2 aliphatic rings. The van der Waals surface area contributed by atoms with Gasteiger partial charge in [0.1, 0.15) is 5.82 Å². The summed E-state index contributed by atoms with van der Waals surface area (Å²) in [5.74, 6) is 2.03. The number of aromatic nitrogens is 3. The number of benzene rings is 1. The van der Waals surface area contributed by atoms with Crippen molar-refractivity contribution in [3.05, 3.63) is 66.5 Å². The van der Waals surface area contributed by atoms with E-state index in [9.17, 15) is 4.79 Å². The molecule has 2 aromatic heterocycles. The maximum absolute atomic E-state index is 12.9. The Balaban J connectivity index is 1.11. The van der Waals surface area contributed by atoms with Gasteiger partial charge in [0.25, 0.3) is 0 Å². The van der Waals surface area contributed by atoms with Crippen LogP contribution in [-0.2, 0) is 4.79 Å². The number of piperazine rings is 2. The van der Waals surface area contributed by atoms with Crippen LogP contribution in [0.25, 0.3) is 5.82 Å². The van der Waals surface area contributed by atoms with Crippen LogP contribution in [0.15, 0.2) is 60.9 Å². The minimum atomic E-state index is 0.241. The lowest BCUT2D eigenvalue weighted by Crippen LogP contribution is -2.54. The van der Waals surface area contributed by atoms with Gasteiger partial charge < -0.3 is 14.7 Å². The number of rotatable bonds is 5. The second-order valence-electron chi connectivity index (χ2n) is 8.78. The Morgan fingerprint density at radius 3 is 2.21 bits per heavy atom. The zero-order valence-electron chi connectivity index (χ0n) is 19.2. The number of amides is 1. The number of nitrogens with zero attached hydrogens (tertiary/aromatic N) is 7. The zero-order chi connectivity index (χ0) is 22.6. The molecule has 3 aromatic rings. The van der Waals surface area contributed by atoms with Gasteiger partial charge >= 0.3 is 0 Å². The Labute approximate surface area is 195 Å². The average Bonchev–Trinajstić information content (AvgIpc) is 3.31. The molecule has 8 nitrogen and oxygen atoms in total. The monoisotopic (exact) mass is 445 g/mol. The van der Waals surface area contributed by atoms with E-state index in [1.807, 2.05) is 53.2 Å². The molecule has 2 fully saturated rings. The first-order valence-electron chi connectivity index (χ1n) is 11.7.